The molecule has 1 N–H and O–H groups in total. The Balaban J connectivity index is 2.74. The van der Waals surface area contributed by atoms with Crippen molar-refractivity contribution >= 4 is 40.5 Å². The van der Waals surface area contributed by atoms with Crippen LogP contribution in [0.4, 0.5) is 0 Å². The summed E-state index contributed by atoms with van der Waals surface area (Å²) in [6.07, 6.45) is 4.20. The van der Waals surface area contributed by atoms with Crippen LogP contribution in [0.2, 0.25) is 5.02 Å². The SMILES string of the molecule is CC(=O)SCCC=Cc1c(Cl)cccc1C(=O)O. The van der Waals surface area contributed by atoms with Crippen LogP contribution < -0.4 is 0 Å². The Bertz CT molecular complexity index is 483. The van der Waals surface area contributed by atoms with E-state index in [4.69, 9.17) is 16.7 Å². The lowest BCUT2D eigenvalue weighted by molar-refractivity contribution is -0.109. The van der Waals surface area contributed by atoms with E-state index < -0.39 is 5.97 Å². The molecule has 0 heterocycles. The Morgan fingerprint density at radius 2 is 2.17 bits per heavy atom. The van der Waals surface area contributed by atoms with E-state index in [-0.39, 0.29) is 10.7 Å². The number of thioether (sulfide) groups is 1. The fourth-order valence-corrected chi connectivity index (χ4v) is 2.14. The molecule has 96 valence electrons. The van der Waals surface area contributed by atoms with Crippen LogP contribution in [0.25, 0.3) is 6.08 Å². The number of hydrogen-bond donors (Lipinski definition) is 1. The molecule has 0 saturated carbocycles. The number of rotatable bonds is 5. The molecule has 18 heavy (non-hydrogen) atoms. The van der Waals surface area contributed by atoms with Crippen LogP contribution in [0.15, 0.2) is 24.3 Å². The molecule has 0 saturated heterocycles. The quantitative estimate of drug-likeness (QED) is 0.837. The highest BCUT2D eigenvalue weighted by atomic mass is 35.5. The van der Waals surface area contributed by atoms with Gasteiger partial charge in [-0.25, -0.2) is 4.79 Å². The summed E-state index contributed by atoms with van der Waals surface area (Å²) in [7, 11) is 0. The van der Waals surface area contributed by atoms with E-state index in [9.17, 15) is 9.59 Å². The van der Waals surface area contributed by atoms with E-state index in [0.717, 1.165) is 0 Å². The molecule has 0 bridgehead atoms. The third-order valence-electron chi connectivity index (χ3n) is 2.16. The first-order valence-corrected chi connectivity index (χ1v) is 6.70. The number of carbonyl (C=O) groups is 2. The van der Waals surface area contributed by atoms with Gasteiger partial charge in [0.2, 0.25) is 0 Å². The molecule has 0 aliphatic carbocycles. The van der Waals surface area contributed by atoms with Gasteiger partial charge in [-0.15, -0.1) is 0 Å². The zero-order chi connectivity index (χ0) is 13.5. The van der Waals surface area contributed by atoms with E-state index in [0.29, 0.717) is 22.8 Å². The van der Waals surface area contributed by atoms with Crippen molar-refractivity contribution in [2.75, 3.05) is 5.75 Å². The monoisotopic (exact) mass is 284 g/mol. The first-order valence-electron chi connectivity index (χ1n) is 5.34. The average molecular weight is 285 g/mol. The maximum absolute atomic E-state index is 11.0. The van der Waals surface area contributed by atoms with Crippen molar-refractivity contribution in [2.45, 2.75) is 13.3 Å². The second-order valence-electron chi connectivity index (χ2n) is 3.54. The summed E-state index contributed by atoms with van der Waals surface area (Å²) in [4.78, 5) is 21.7. The van der Waals surface area contributed by atoms with Crippen molar-refractivity contribution < 1.29 is 14.7 Å². The number of benzene rings is 1. The van der Waals surface area contributed by atoms with Crippen LogP contribution in [-0.2, 0) is 4.79 Å². The Labute approximate surface area is 115 Å². The summed E-state index contributed by atoms with van der Waals surface area (Å²) >= 11 is 7.20. The number of allylic oxidation sites excluding steroid dienone is 1. The molecule has 0 radical (unpaired) electrons. The summed E-state index contributed by atoms with van der Waals surface area (Å²) in [6.45, 7) is 1.52. The second kappa shape index (κ2) is 7.24. The van der Waals surface area contributed by atoms with Gasteiger partial charge in [0.1, 0.15) is 0 Å². The molecule has 0 amide bonds. The number of aromatic carboxylic acids is 1. The molecule has 0 unspecified atom stereocenters. The molecular weight excluding hydrogens is 272 g/mol. The van der Waals surface area contributed by atoms with Crippen LogP contribution in [0.5, 0.6) is 0 Å². The van der Waals surface area contributed by atoms with Crippen molar-refractivity contribution in [1.29, 1.82) is 0 Å². The first-order chi connectivity index (χ1) is 8.52. The van der Waals surface area contributed by atoms with Crippen molar-refractivity contribution in [2.24, 2.45) is 0 Å². The van der Waals surface area contributed by atoms with Crippen LogP contribution in [0.3, 0.4) is 0 Å². The topological polar surface area (TPSA) is 54.4 Å². The molecular formula is C13H13ClO3S. The molecule has 1 aromatic carbocycles. The van der Waals surface area contributed by atoms with Gasteiger partial charge in [0.25, 0.3) is 0 Å². The van der Waals surface area contributed by atoms with E-state index in [2.05, 4.69) is 0 Å². The van der Waals surface area contributed by atoms with Crippen molar-refractivity contribution in [3.8, 4) is 0 Å². The number of halogens is 1. The highest BCUT2D eigenvalue weighted by Crippen LogP contribution is 2.22. The highest BCUT2D eigenvalue weighted by Gasteiger charge is 2.09. The smallest absolute Gasteiger partial charge is 0.336 e. The van der Waals surface area contributed by atoms with Gasteiger partial charge >= 0.3 is 5.97 Å². The maximum Gasteiger partial charge on any atom is 0.336 e. The van der Waals surface area contributed by atoms with Gasteiger partial charge in [0.05, 0.1) is 5.56 Å². The molecule has 0 aliphatic rings. The fourth-order valence-electron chi connectivity index (χ4n) is 1.36. The van der Waals surface area contributed by atoms with Crippen LogP contribution >= 0.6 is 23.4 Å². The number of hydrogen-bond acceptors (Lipinski definition) is 3. The molecule has 1 aromatic rings. The standard InChI is InChI=1S/C13H13ClO3S/c1-9(15)18-8-3-2-5-10-11(13(16)17)6-4-7-12(10)14/h2,4-7H,3,8H2,1H3,(H,16,17). The summed E-state index contributed by atoms with van der Waals surface area (Å²) in [5, 5.41) is 9.51. The molecule has 0 atom stereocenters. The number of carboxylic acid groups (broad SMARTS) is 1. The highest BCUT2D eigenvalue weighted by molar-refractivity contribution is 8.13. The van der Waals surface area contributed by atoms with Crippen LogP contribution in [-0.4, -0.2) is 21.9 Å². The number of carbonyl (C=O) groups excluding carboxylic acids is 1. The van der Waals surface area contributed by atoms with Gasteiger partial charge in [-0.2, -0.15) is 0 Å². The molecule has 5 heteroatoms. The minimum absolute atomic E-state index is 0.0763. The predicted molar refractivity (Wildman–Crippen MR) is 75.2 cm³/mol. The normalized spacial score (nSPS) is 10.8. The van der Waals surface area contributed by atoms with E-state index in [1.165, 1.54) is 24.8 Å². The van der Waals surface area contributed by atoms with Gasteiger partial charge in [0.15, 0.2) is 5.12 Å². The Morgan fingerprint density at radius 3 is 2.78 bits per heavy atom. The molecule has 3 nitrogen and oxygen atoms in total. The zero-order valence-electron chi connectivity index (χ0n) is 9.85. The Hall–Kier alpha value is -1.26. The van der Waals surface area contributed by atoms with Gasteiger partial charge in [-0.1, -0.05) is 41.6 Å². The minimum Gasteiger partial charge on any atom is -0.478 e. The van der Waals surface area contributed by atoms with Gasteiger partial charge in [-0.3, -0.25) is 4.79 Å². The van der Waals surface area contributed by atoms with E-state index in [1.54, 1.807) is 18.2 Å². The van der Waals surface area contributed by atoms with Gasteiger partial charge < -0.3 is 5.11 Å². The summed E-state index contributed by atoms with van der Waals surface area (Å²) < 4.78 is 0. The zero-order valence-corrected chi connectivity index (χ0v) is 11.4. The molecule has 0 fully saturated rings. The van der Waals surface area contributed by atoms with Crippen LogP contribution in [0.1, 0.15) is 29.3 Å². The second-order valence-corrected chi connectivity index (χ2v) is 5.22. The minimum atomic E-state index is -1.00. The lowest BCUT2D eigenvalue weighted by atomic mass is 10.1. The molecule has 0 aliphatic heterocycles. The molecule has 0 aromatic heterocycles. The van der Waals surface area contributed by atoms with Gasteiger partial charge in [-0.05, 0) is 18.6 Å². The summed E-state index contributed by atoms with van der Waals surface area (Å²) in [6, 6.07) is 4.77. The third kappa shape index (κ3) is 4.55. The summed E-state index contributed by atoms with van der Waals surface area (Å²) in [5.74, 6) is -0.325. The summed E-state index contributed by atoms with van der Waals surface area (Å²) in [5.41, 5.74) is 0.678. The molecule has 0 spiro atoms. The van der Waals surface area contributed by atoms with Crippen molar-refractivity contribution in [3.05, 3.63) is 40.4 Å². The third-order valence-corrected chi connectivity index (χ3v) is 3.33. The maximum atomic E-state index is 11.0. The van der Waals surface area contributed by atoms with E-state index >= 15 is 0 Å². The lowest BCUT2D eigenvalue weighted by Gasteiger charge is -2.03. The van der Waals surface area contributed by atoms with Crippen molar-refractivity contribution in [3.63, 3.8) is 0 Å². The van der Waals surface area contributed by atoms with Crippen molar-refractivity contribution in [1.82, 2.24) is 0 Å². The van der Waals surface area contributed by atoms with E-state index in [1.807, 2.05) is 6.08 Å². The molecule has 1 rings (SSSR count). The van der Waals surface area contributed by atoms with Crippen LogP contribution in [0, 0.1) is 0 Å². The lowest BCUT2D eigenvalue weighted by Crippen LogP contribution is -1.99. The Kier molecular flexibility index (Phi) is 5.95. The fraction of sp³-hybridized carbons (Fsp3) is 0.231. The first kappa shape index (κ1) is 14.8. The predicted octanol–water partition coefficient (Wildman–Crippen LogP) is 3.72. The number of carboxylic acids is 1. The van der Waals surface area contributed by atoms with Gasteiger partial charge in [0, 0.05) is 23.3 Å². The average Bonchev–Trinajstić information content (AvgIpc) is 2.29. The largest absolute Gasteiger partial charge is 0.478 e. The Morgan fingerprint density at radius 1 is 1.44 bits per heavy atom.